The van der Waals surface area contributed by atoms with E-state index in [-0.39, 0.29) is 5.41 Å². The monoisotopic (exact) mass is 406 g/mol. The Morgan fingerprint density at radius 3 is 2.28 bits per heavy atom. The number of ether oxygens (including phenoxy) is 4. The number of hydrogen-bond donors (Lipinski definition) is 1. The highest BCUT2D eigenvalue weighted by Crippen LogP contribution is 2.73. The molecule has 0 bridgehead atoms. The van der Waals surface area contributed by atoms with Gasteiger partial charge in [0.1, 0.15) is 0 Å². The molecule has 29 heavy (non-hydrogen) atoms. The lowest BCUT2D eigenvalue weighted by molar-refractivity contribution is -0.474. The van der Waals surface area contributed by atoms with Gasteiger partial charge >= 0.3 is 0 Å². The first-order chi connectivity index (χ1) is 14.0. The van der Waals surface area contributed by atoms with Crippen LogP contribution in [0.2, 0.25) is 0 Å². The molecule has 1 N–H and O–H groups in total. The Labute approximate surface area is 174 Å². The average molecular weight is 407 g/mol. The summed E-state index contributed by atoms with van der Waals surface area (Å²) in [6, 6.07) is 0. The third kappa shape index (κ3) is 2.24. The predicted octanol–water partition coefficient (Wildman–Crippen LogP) is 3.73. The molecule has 4 aliphatic carbocycles. The van der Waals surface area contributed by atoms with Crippen molar-refractivity contribution in [2.75, 3.05) is 33.0 Å². The molecule has 7 atom stereocenters. The minimum Gasteiger partial charge on any atom is -0.396 e. The highest BCUT2D eigenvalue weighted by atomic mass is 16.8. The number of aliphatic hydroxyl groups excluding tert-OH is 1. The second-order valence-electron chi connectivity index (χ2n) is 11.3. The molecule has 2 heterocycles. The fourth-order valence-corrected chi connectivity index (χ4v) is 9.46. The van der Waals surface area contributed by atoms with Crippen LogP contribution < -0.4 is 0 Å². The van der Waals surface area contributed by atoms with Gasteiger partial charge in [0, 0.05) is 18.4 Å². The zero-order valence-electron chi connectivity index (χ0n) is 18.2. The molecule has 0 aromatic heterocycles. The molecular formula is C24H38O5. The van der Waals surface area contributed by atoms with Gasteiger partial charge in [-0.15, -0.1) is 0 Å². The van der Waals surface area contributed by atoms with E-state index in [0.29, 0.717) is 62.1 Å². The molecule has 4 saturated carbocycles. The van der Waals surface area contributed by atoms with Gasteiger partial charge in [0.2, 0.25) is 11.6 Å². The summed E-state index contributed by atoms with van der Waals surface area (Å²) in [4.78, 5) is 0. The SMILES string of the molecule is C[C@]12CCCCC1[C@H](CO)C[C@@H]1[C@@H]2CC[C@@]2(C)[C@H]1CC13OCCOC12OCCO3. The van der Waals surface area contributed by atoms with Crippen LogP contribution in [0.25, 0.3) is 0 Å². The van der Waals surface area contributed by atoms with Gasteiger partial charge in [0.25, 0.3) is 0 Å². The van der Waals surface area contributed by atoms with Crippen LogP contribution in [0.4, 0.5) is 0 Å². The van der Waals surface area contributed by atoms with Gasteiger partial charge in [0.05, 0.1) is 26.4 Å². The van der Waals surface area contributed by atoms with Crippen LogP contribution in [0.3, 0.4) is 0 Å². The molecule has 6 fully saturated rings. The topological polar surface area (TPSA) is 57.2 Å². The van der Waals surface area contributed by atoms with Crippen LogP contribution in [0, 0.1) is 40.4 Å². The summed E-state index contributed by atoms with van der Waals surface area (Å²) < 4.78 is 25.8. The van der Waals surface area contributed by atoms with Gasteiger partial charge in [-0.2, -0.15) is 0 Å². The molecule has 2 aliphatic heterocycles. The molecule has 1 unspecified atom stereocenters. The molecule has 5 nitrogen and oxygen atoms in total. The van der Waals surface area contributed by atoms with Crippen LogP contribution in [0.1, 0.15) is 65.2 Å². The number of aliphatic hydroxyl groups is 1. The van der Waals surface area contributed by atoms with Crippen LogP contribution >= 0.6 is 0 Å². The summed E-state index contributed by atoms with van der Waals surface area (Å²) in [6.07, 6.45) is 9.71. The summed E-state index contributed by atoms with van der Waals surface area (Å²) in [7, 11) is 0. The van der Waals surface area contributed by atoms with Crippen molar-refractivity contribution < 1.29 is 24.1 Å². The van der Waals surface area contributed by atoms with Crippen molar-refractivity contribution in [3.63, 3.8) is 0 Å². The second-order valence-corrected chi connectivity index (χ2v) is 11.3. The third-order valence-electron chi connectivity index (χ3n) is 10.6. The van der Waals surface area contributed by atoms with E-state index in [1.807, 2.05) is 0 Å². The molecule has 5 heteroatoms. The summed E-state index contributed by atoms with van der Waals surface area (Å²) >= 11 is 0. The second kappa shape index (κ2) is 6.41. The molecule has 0 radical (unpaired) electrons. The lowest BCUT2D eigenvalue weighted by Gasteiger charge is -2.63. The zero-order chi connectivity index (χ0) is 19.9. The Kier molecular flexibility index (Phi) is 4.31. The normalized spacial score (nSPS) is 59.1. The van der Waals surface area contributed by atoms with Gasteiger partial charge in [-0.05, 0) is 67.1 Å². The van der Waals surface area contributed by atoms with Crippen LogP contribution in [-0.2, 0) is 18.9 Å². The van der Waals surface area contributed by atoms with E-state index in [2.05, 4.69) is 13.8 Å². The number of rotatable bonds is 1. The van der Waals surface area contributed by atoms with Crippen molar-refractivity contribution in [1.82, 2.24) is 0 Å². The standard InChI is InChI=1S/C24H38O5/c1-21-7-4-3-5-18(21)16(15-25)13-17-19(21)6-8-22(2)20(17)14-23-24(22,28-11-9-26-23)29-12-10-27-23/h16-20,25H,3-15H2,1-2H3/t16-,17+,18?,19-,20-,21-,22-,23?,24?/m0/s1. The van der Waals surface area contributed by atoms with Crippen LogP contribution in [0.5, 0.6) is 0 Å². The smallest absolute Gasteiger partial charge is 0.229 e. The summed E-state index contributed by atoms with van der Waals surface area (Å²) in [5, 5.41) is 10.4. The molecule has 0 amide bonds. The van der Waals surface area contributed by atoms with E-state index >= 15 is 0 Å². The average Bonchev–Trinajstić information content (AvgIpc) is 2.99. The molecule has 2 saturated heterocycles. The van der Waals surface area contributed by atoms with Gasteiger partial charge in [-0.25, -0.2) is 0 Å². The lowest BCUT2D eigenvalue weighted by atomic mass is 9.43. The predicted molar refractivity (Wildman–Crippen MR) is 107 cm³/mol. The molecule has 0 spiro atoms. The Morgan fingerprint density at radius 2 is 1.55 bits per heavy atom. The van der Waals surface area contributed by atoms with Gasteiger partial charge in [0.15, 0.2) is 0 Å². The number of fused-ring (bicyclic) bond motifs is 5. The van der Waals surface area contributed by atoms with Crippen LogP contribution in [0.15, 0.2) is 0 Å². The minimum absolute atomic E-state index is 0.0904. The van der Waals surface area contributed by atoms with Crippen molar-refractivity contribution in [1.29, 1.82) is 0 Å². The Morgan fingerprint density at radius 1 is 0.828 bits per heavy atom. The fraction of sp³-hybridized carbons (Fsp3) is 1.00. The number of hydrogen-bond acceptors (Lipinski definition) is 5. The summed E-state index contributed by atoms with van der Waals surface area (Å²) in [5.41, 5.74) is 0.278. The minimum atomic E-state index is -0.759. The molecule has 0 aromatic rings. The third-order valence-corrected chi connectivity index (χ3v) is 10.6. The maximum Gasteiger partial charge on any atom is 0.229 e. The van der Waals surface area contributed by atoms with E-state index in [1.165, 1.54) is 32.1 Å². The molecule has 6 aliphatic rings. The summed E-state index contributed by atoms with van der Waals surface area (Å²) in [6.45, 7) is 7.62. The molecule has 164 valence electrons. The van der Waals surface area contributed by atoms with E-state index in [0.717, 1.165) is 25.2 Å². The van der Waals surface area contributed by atoms with E-state index in [1.54, 1.807) is 0 Å². The van der Waals surface area contributed by atoms with Crippen molar-refractivity contribution in [2.45, 2.75) is 76.8 Å². The van der Waals surface area contributed by atoms with Crippen molar-refractivity contribution in [3.8, 4) is 0 Å². The quantitative estimate of drug-likeness (QED) is 0.719. The van der Waals surface area contributed by atoms with Gasteiger partial charge in [-0.1, -0.05) is 26.7 Å². The summed E-state index contributed by atoms with van der Waals surface area (Å²) in [5.74, 6) is 1.43. The first-order valence-corrected chi connectivity index (χ1v) is 12.2. The van der Waals surface area contributed by atoms with E-state index in [9.17, 15) is 5.11 Å². The first-order valence-electron chi connectivity index (χ1n) is 12.2. The molecular weight excluding hydrogens is 368 g/mol. The van der Waals surface area contributed by atoms with Crippen molar-refractivity contribution >= 4 is 0 Å². The Hall–Kier alpha value is -0.200. The largest absolute Gasteiger partial charge is 0.396 e. The van der Waals surface area contributed by atoms with Crippen molar-refractivity contribution in [3.05, 3.63) is 0 Å². The maximum absolute atomic E-state index is 10.4. The van der Waals surface area contributed by atoms with Gasteiger partial charge < -0.3 is 24.1 Å². The maximum atomic E-state index is 10.4. The zero-order valence-corrected chi connectivity index (χ0v) is 18.2. The first kappa shape index (κ1) is 19.5. The van der Waals surface area contributed by atoms with Gasteiger partial charge in [-0.3, -0.25) is 0 Å². The lowest BCUT2D eigenvalue weighted by Crippen LogP contribution is -2.70. The molecule has 0 aromatic carbocycles. The highest BCUT2D eigenvalue weighted by molar-refractivity contribution is 5.19. The fourth-order valence-electron chi connectivity index (χ4n) is 9.46. The highest BCUT2D eigenvalue weighted by Gasteiger charge is 2.79. The van der Waals surface area contributed by atoms with E-state index < -0.39 is 11.6 Å². The Balaban J connectivity index is 1.42. The van der Waals surface area contributed by atoms with Crippen LogP contribution in [-0.4, -0.2) is 49.7 Å². The Bertz CT molecular complexity index is 654. The van der Waals surface area contributed by atoms with Crippen molar-refractivity contribution in [2.24, 2.45) is 40.4 Å². The molecule has 6 rings (SSSR count). The van der Waals surface area contributed by atoms with E-state index in [4.69, 9.17) is 18.9 Å².